The van der Waals surface area contributed by atoms with Crippen LogP contribution < -0.4 is 10.2 Å². The fourth-order valence-corrected chi connectivity index (χ4v) is 2.64. The first-order valence-corrected chi connectivity index (χ1v) is 7.76. The van der Waals surface area contributed by atoms with Crippen molar-refractivity contribution in [2.45, 2.75) is 6.18 Å². The van der Waals surface area contributed by atoms with Crippen molar-refractivity contribution in [1.29, 1.82) is 0 Å². The third kappa shape index (κ3) is 3.61. The van der Waals surface area contributed by atoms with Crippen LogP contribution in [0.5, 0.6) is 0 Å². The molecule has 0 bridgehead atoms. The van der Waals surface area contributed by atoms with Crippen molar-refractivity contribution in [3.63, 3.8) is 0 Å². The Morgan fingerprint density at radius 2 is 1.96 bits per heavy atom. The summed E-state index contributed by atoms with van der Waals surface area (Å²) in [5.74, 6) is 0.891. The highest BCUT2D eigenvalue weighted by Crippen LogP contribution is 2.32. The van der Waals surface area contributed by atoms with E-state index in [1.807, 2.05) is 0 Å². The lowest BCUT2D eigenvalue weighted by atomic mass is 10.1. The number of rotatable bonds is 2. The van der Waals surface area contributed by atoms with E-state index in [9.17, 15) is 22.8 Å². The second kappa shape index (κ2) is 6.74. The number of nitrogens with zero attached hydrogens (tertiary/aromatic N) is 1. The predicted octanol–water partition coefficient (Wildman–Crippen LogP) is 3.11. The van der Waals surface area contributed by atoms with Crippen LogP contribution in [0.25, 0.3) is 6.08 Å². The molecule has 1 saturated heterocycles. The van der Waals surface area contributed by atoms with Gasteiger partial charge in [0.2, 0.25) is 0 Å². The number of carbonyl (C=O) groups is 2. The lowest BCUT2D eigenvalue weighted by Gasteiger charge is -2.29. The Morgan fingerprint density at radius 1 is 1.22 bits per heavy atom. The molecular weight excluding hydrogens is 381 g/mol. The largest absolute Gasteiger partial charge is 0.448 e. The van der Waals surface area contributed by atoms with Crippen LogP contribution in [0.1, 0.15) is 17.1 Å². The molecule has 1 aromatic carbocycles. The van der Waals surface area contributed by atoms with Gasteiger partial charge in [0, 0.05) is 0 Å². The second-order valence-electron chi connectivity index (χ2n) is 5.35. The van der Waals surface area contributed by atoms with E-state index in [1.54, 1.807) is 0 Å². The molecule has 5 nitrogen and oxygen atoms in total. The van der Waals surface area contributed by atoms with E-state index in [1.165, 1.54) is 18.2 Å². The van der Waals surface area contributed by atoms with Crippen LogP contribution in [-0.2, 0) is 15.8 Å². The van der Waals surface area contributed by atoms with Gasteiger partial charge in [-0.1, -0.05) is 6.07 Å². The molecule has 136 valence electrons. The predicted molar refractivity (Wildman–Crippen MR) is 94.3 cm³/mol. The van der Waals surface area contributed by atoms with Gasteiger partial charge in [-0.2, -0.15) is 13.2 Å². The van der Waals surface area contributed by atoms with Crippen LogP contribution in [-0.4, -0.2) is 16.9 Å². The summed E-state index contributed by atoms with van der Waals surface area (Å²) >= 11 is 4.96. The summed E-state index contributed by atoms with van der Waals surface area (Å²) in [6, 6.07) is 6.96. The molecule has 0 saturated carbocycles. The Kier molecular flexibility index (Phi) is 4.59. The van der Waals surface area contributed by atoms with E-state index in [0.717, 1.165) is 29.2 Å². The molecule has 0 unspecified atom stereocenters. The van der Waals surface area contributed by atoms with Crippen LogP contribution in [0.4, 0.5) is 18.9 Å². The molecule has 1 aliphatic heterocycles. The summed E-state index contributed by atoms with van der Waals surface area (Å²) in [7, 11) is 0. The number of halogens is 3. The zero-order valence-corrected chi connectivity index (χ0v) is 14.1. The number of hydrogen-bond donors (Lipinski definition) is 1. The molecule has 0 radical (unpaired) electrons. The van der Waals surface area contributed by atoms with E-state index in [2.05, 4.69) is 11.2 Å². The monoisotopic (exact) mass is 390 g/mol. The van der Waals surface area contributed by atoms with E-state index < -0.39 is 23.6 Å². The fraction of sp³-hybridized carbons (Fsp3) is 0.0556. The number of alkyl halides is 3. The van der Waals surface area contributed by atoms with Crippen LogP contribution in [0.15, 0.2) is 46.4 Å². The lowest BCUT2D eigenvalue weighted by molar-refractivity contribution is -0.137. The highest BCUT2D eigenvalue weighted by atomic mass is 32.1. The zero-order chi connectivity index (χ0) is 19.8. The molecule has 2 aromatic rings. The Morgan fingerprint density at radius 3 is 2.59 bits per heavy atom. The number of benzene rings is 1. The molecule has 0 atom stereocenters. The van der Waals surface area contributed by atoms with Crippen molar-refractivity contribution in [2.75, 3.05) is 4.90 Å². The third-order valence-corrected chi connectivity index (χ3v) is 3.87. The van der Waals surface area contributed by atoms with Crippen molar-refractivity contribution in [3.8, 4) is 12.3 Å². The van der Waals surface area contributed by atoms with Gasteiger partial charge in [-0.3, -0.25) is 19.8 Å². The van der Waals surface area contributed by atoms with Crippen molar-refractivity contribution in [3.05, 3.63) is 59.1 Å². The average Bonchev–Trinajstić information content (AvgIpc) is 3.06. The molecule has 1 aromatic heterocycles. The van der Waals surface area contributed by atoms with E-state index in [0.29, 0.717) is 0 Å². The zero-order valence-electron chi connectivity index (χ0n) is 13.3. The number of thiocarbonyl (C=S) groups is 1. The number of terminal acetylenes is 1. The highest BCUT2D eigenvalue weighted by molar-refractivity contribution is 7.80. The quantitative estimate of drug-likeness (QED) is 0.371. The van der Waals surface area contributed by atoms with Gasteiger partial charge in [0.15, 0.2) is 10.9 Å². The molecule has 0 aliphatic carbocycles. The summed E-state index contributed by atoms with van der Waals surface area (Å²) < 4.78 is 44.1. The van der Waals surface area contributed by atoms with Crippen molar-refractivity contribution < 1.29 is 27.2 Å². The highest BCUT2D eigenvalue weighted by Gasteiger charge is 2.36. The van der Waals surface area contributed by atoms with E-state index in [-0.39, 0.29) is 27.9 Å². The molecule has 1 aliphatic rings. The molecule has 0 spiro atoms. The van der Waals surface area contributed by atoms with Crippen molar-refractivity contribution in [1.82, 2.24) is 5.32 Å². The van der Waals surface area contributed by atoms with Crippen molar-refractivity contribution in [2.24, 2.45) is 0 Å². The van der Waals surface area contributed by atoms with Gasteiger partial charge >= 0.3 is 6.18 Å². The molecule has 1 N–H and O–H groups in total. The Bertz CT molecular complexity index is 1030. The molecule has 3 rings (SSSR count). The average molecular weight is 390 g/mol. The summed E-state index contributed by atoms with van der Waals surface area (Å²) in [5, 5.41) is 1.95. The summed E-state index contributed by atoms with van der Waals surface area (Å²) in [6.45, 7) is 0. The molecular formula is C18H9F3N2O3S. The summed E-state index contributed by atoms with van der Waals surface area (Å²) in [5.41, 5.74) is -1.45. The van der Waals surface area contributed by atoms with Crippen LogP contribution >= 0.6 is 12.2 Å². The number of nitrogens with one attached hydrogen (secondary N) is 1. The standard InChI is InChI=1S/C18H9F3N2O3S/c1-2-12-6-7-13(26-12)9-14-15(24)22-17(27)23(16(14)25)11-5-3-4-10(8-11)18(19,20)21/h1,3-9H,(H,22,24,27). The summed E-state index contributed by atoms with van der Waals surface area (Å²) in [6.07, 6.45) is 1.73. The van der Waals surface area contributed by atoms with Crippen molar-refractivity contribution >= 4 is 40.9 Å². The Balaban J connectivity index is 2.02. The maximum absolute atomic E-state index is 12.9. The number of anilines is 1. The molecule has 2 heterocycles. The fourth-order valence-electron chi connectivity index (χ4n) is 2.36. The van der Waals surface area contributed by atoms with Gasteiger partial charge in [-0.15, -0.1) is 6.42 Å². The SMILES string of the molecule is C#Cc1ccc(C=C2C(=O)NC(=S)N(c3cccc(C(F)(F)F)c3)C2=O)o1. The van der Waals surface area contributed by atoms with E-state index >= 15 is 0 Å². The van der Waals surface area contributed by atoms with Crippen LogP contribution in [0.3, 0.4) is 0 Å². The number of furan rings is 1. The minimum Gasteiger partial charge on any atom is -0.448 e. The molecule has 9 heteroatoms. The normalized spacial score (nSPS) is 16.4. The van der Waals surface area contributed by atoms with Crippen LogP contribution in [0, 0.1) is 12.3 Å². The smallest absolute Gasteiger partial charge is 0.416 e. The Labute approximate surface area is 156 Å². The van der Waals surface area contributed by atoms with Gasteiger partial charge in [-0.05, 0) is 54.5 Å². The minimum atomic E-state index is -4.60. The summed E-state index contributed by atoms with van der Waals surface area (Å²) in [4.78, 5) is 25.7. The first-order chi connectivity index (χ1) is 12.7. The Hall–Kier alpha value is -3.38. The van der Waals surface area contributed by atoms with Gasteiger partial charge in [-0.25, -0.2) is 0 Å². The second-order valence-corrected chi connectivity index (χ2v) is 5.74. The van der Waals surface area contributed by atoms with Crippen LogP contribution in [0.2, 0.25) is 0 Å². The topological polar surface area (TPSA) is 62.6 Å². The van der Waals surface area contributed by atoms with Gasteiger partial charge in [0.05, 0.1) is 11.3 Å². The molecule has 2 amide bonds. The third-order valence-electron chi connectivity index (χ3n) is 3.59. The first kappa shape index (κ1) is 18.4. The number of hydrogen-bond acceptors (Lipinski definition) is 4. The molecule has 27 heavy (non-hydrogen) atoms. The maximum atomic E-state index is 12.9. The van der Waals surface area contributed by atoms with Gasteiger partial charge in [0.25, 0.3) is 11.8 Å². The lowest BCUT2D eigenvalue weighted by Crippen LogP contribution is -2.54. The number of amides is 2. The van der Waals surface area contributed by atoms with Gasteiger partial charge < -0.3 is 4.42 Å². The minimum absolute atomic E-state index is 0.130. The van der Waals surface area contributed by atoms with E-state index in [4.69, 9.17) is 23.1 Å². The molecule has 1 fully saturated rings. The maximum Gasteiger partial charge on any atom is 0.416 e. The first-order valence-electron chi connectivity index (χ1n) is 7.36. The number of carbonyl (C=O) groups excluding carboxylic acids is 2. The van der Waals surface area contributed by atoms with Gasteiger partial charge in [0.1, 0.15) is 11.3 Å².